The molecule has 0 aliphatic heterocycles. The second kappa shape index (κ2) is 13.6. The Morgan fingerprint density at radius 3 is 1.17 bits per heavy atom. The molecule has 0 aliphatic rings. The average molecular weight is 463 g/mol. The summed E-state index contributed by atoms with van der Waals surface area (Å²) < 4.78 is 0. The van der Waals surface area contributed by atoms with Gasteiger partial charge in [-0.2, -0.15) is 6.92 Å². The van der Waals surface area contributed by atoms with E-state index >= 15 is 0 Å². The topological polar surface area (TPSA) is 6.48 Å². The van der Waals surface area contributed by atoms with Gasteiger partial charge in [0.25, 0.3) is 0 Å². The predicted octanol–water partition coefficient (Wildman–Crippen LogP) is 6.29. The summed E-state index contributed by atoms with van der Waals surface area (Å²) in [6.07, 6.45) is 0. The summed E-state index contributed by atoms with van der Waals surface area (Å²) in [6, 6.07) is 28.5. The third-order valence-corrected chi connectivity index (χ3v) is 4.62. The Balaban J connectivity index is 0.00000190. The Labute approximate surface area is 203 Å². The van der Waals surface area contributed by atoms with Crippen molar-refractivity contribution in [1.82, 2.24) is 0 Å². The standard InChI is InChI=1S/C23H26N2.C2H5.CH3.Y/c1-24(2)21-14-10-19(11-15-21)23(18-8-6-5-7-9-18)20-12-16-22(17-13-20)25(3)4;1-2;;/h5-17,23H,1-4H3;1H2,2H3;1H3;/q;2*-1;. The normalized spacial score (nSPS) is 9.48. The fraction of sp³-hybridized carbons (Fsp3) is 0.231. The van der Waals surface area contributed by atoms with Crippen LogP contribution in [0.25, 0.3) is 0 Å². The number of anilines is 2. The first-order chi connectivity index (χ1) is 13.1. The van der Waals surface area contributed by atoms with Gasteiger partial charge in [-0.15, -0.1) is 0 Å². The zero-order valence-corrected chi connectivity index (χ0v) is 21.6. The van der Waals surface area contributed by atoms with Gasteiger partial charge in [0.1, 0.15) is 0 Å². The van der Waals surface area contributed by atoms with Crippen LogP contribution >= 0.6 is 0 Å². The van der Waals surface area contributed by atoms with Gasteiger partial charge < -0.3 is 24.2 Å². The van der Waals surface area contributed by atoms with Gasteiger partial charge in [-0.05, 0) is 41.0 Å². The first-order valence-corrected chi connectivity index (χ1v) is 9.36. The molecule has 1 radical (unpaired) electrons. The third-order valence-electron chi connectivity index (χ3n) is 4.62. The van der Waals surface area contributed by atoms with E-state index in [2.05, 4.69) is 124 Å². The molecule has 29 heavy (non-hydrogen) atoms. The molecule has 3 aromatic rings. The Hall–Kier alpha value is -1.64. The third kappa shape index (κ3) is 7.28. The van der Waals surface area contributed by atoms with E-state index in [0.717, 1.165) is 0 Å². The molecule has 0 amide bonds. The van der Waals surface area contributed by atoms with Crippen molar-refractivity contribution in [2.45, 2.75) is 12.8 Å². The molecule has 3 rings (SSSR count). The first-order valence-electron chi connectivity index (χ1n) is 9.36. The molecule has 3 aromatic carbocycles. The molecule has 0 bridgehead atoms. The smallest absolute Gasteiger partial charge is 0.0361 e. The number of hydrogen-bond donors (Lipinski definition) is 0. The molecule has 0 saturated heterocycles. The first kappa shape index (κ1) is 27.4. The van der Waals surface area contributed by atoms with E-state index in [0.29, 0.717) is 0 Å². The van der Waals surface area contributed by atoms with Gasteiger partial charge in [-0.25, -0.2) is 0 Å². The van der Waals surface area contributed by atoms with E-state index in [1.807, 2.05) is 0 Å². The molecule has 0 aromatic heterocycles. The Morgan fingerprint density at radius 2 is 0.862 bits per heavy atom. The zero-order chi connectivity index (χ0) is 19.8. The molecular weight excluding hydrogens is 429 g/mol. The van der Waals surface area contributed by atoms with Gasteiger partial charge in [-0.3, -0.25) is 0 Å². The molecule has 153 valence electrons. The minimum Gasteiger partial charge on any atom is -0.378 e. The second-order valence-electron chi connectivity index (χ2n) is 6.82. The van der Waals surface area contributed by atoms with Gasteiger partial charge in [0.2, 0.25) is 0 Å². The number of hydrogen-bond acceptors (Lipinski definition) is 2. The van der Waals surface area contributed by atoms with E-state index in [9.17, 15) is 0 Å². The van der Waals surface area contributed by atoms with Crippen LogP contribution in [0.15, 0.2) is 78.9 Å². The van der Waals surface area contributed by atoms with Crippen molar-refractivity contribution in [2.75, 3.05) is 38.0 Å². The summed E-state index contributed by atoms with van der Waals surface area (Å²) in [7, 11) is 8.29. The fourth-order valence-electron chi connectivity index (χ4n) is 3.15. The second-order valence-corrected chi connectivity index (χ2v) is 6.82. The van der Waals surface area contributed by atoms with Crippen LogP contribution in [0, 0.1) is 14.4 Å². The molecule has 2 nitrogen and oxygen atoms in total. The quantitative estimate of drug-likeness (QED) is 0.324. The van der Waals surface area contributed by atoms with Crippen LogP contribution in [0.3, 0.4) is 0 Å². The van der Waals surface area contributed by atoms with Crippen LogP contribution in [0.2, 0.25) is 0 Å². The van der Waals surface area contributed by atoms with Crippen molar-refractivity contribution >= 4 is 11.4 Å². The van der Waals surface area contributed by atoms with Crippen molar-refractivity contribution in [3.05, 3.63) is 110 Å². The zero-order valence-electron chi connectivity index (χ0n) is 18.8. The van der Waals surface area contributed by atoms with Crippen LogP contribution in [-0.4, -0.2) is 28.2 Å². The Morgan fingerprint density at radius 1 is 0.552 bits per heavy atom. The maximum absolute atomic E-state index is 3.25. The van der Waals surface area contributed by atoms with E-state index in [1.54, 1.807) is 6.92 Å². The van der Waals surface area contributed by atoms with E-state index in [-0.39, 0.29) is 46.1 Å². The van der Waals surface area contributed by atoms with E-state index in [4.69, 9.17) is 0 Å². The van der Waals surface area contributed by atoms with Crippen LogP contribution in [0.5, 0.6) is 0 Å². The van der Waals surface area contributed by atoms with Gasteiger partial charge in [0.15, 0.2) is 0 Å². The molecule has 0 aliphatic carbocycles. The maximum atomic E-state index is 3.25. The molecule has 0 heterocycles. The number of nitrogens with zero attached hydrogens (tertiary/aromatic N) is 2. The van der Waals surface area contributed by atoms with Crippen molar-refractivity contribution in [1.29, 1.82) is 0 Å². The van der Waals surface area contributed by atoms with Crippen LogP contribution in [0.1, 0.15) is 29.5 Å². The minimum absolute atomic E-state index is 0. The summed E-state index contributed by atoms with van der Waals surface area (Å²) in [5.41, 5.74) is 6.39. The van der Waals surface area contributed by atoms with Gasteiger partial charge in [0.05, 0.1) is 0 Å². The van der Waals surface area contributed by atoms with Crippen LogP contribution in [-0.2, 0) is 32.7 Å². The predicted molar refractivity (Wildman–Crippen MR) is 126 cm³/mol. The summed E-state index contributed by atoms with van der Waals surface area (Å²) in [4.78, 5) is 4.26. The van der Waals surface area contributed by atoms with Gasteiger partial charge in [-0.1, -0.05) is 54.6 Å². The molecule has 0 fully saturated rings. The summed E-state index contributed by atoms with van der Waals surface area (Å²) in [5.74, 6) is 0.244. The van der Waals surface area contributed by atoms with E-state index < -0.39 is 0 Å². The number of benzene rings is 3. The molecule has 0 unspecified atom stereocenters. The number of rotatable bonds is 5. The monoisotopic (exact) mass is 463 g/mol. The SMILES string of the molecule is CN(C)c1ccc(C(c2ccccc2)c2ccc(N(C)C)cc2)cc1.[CH2-]C.[CH3-].[Y]. The van der Waals surface area contributed by atoms with Crippen molar-refractivity contribution in [2.24, 2.45) is 0 Å². The maximum Gasteiger partial charge on any atom is 0.0361 e. The van der Waals surface area contributed by atoms with Crippen LogP contribution in [0.4, 0.5) is 11.4 Å². The average Bonchev–Trinajstić information content (AvgIpc) is 2.71. The molecule has 3 heteroatoms. The largest absolute Gasteiger partial charge is 0.378 e. The molecule has 0 saturated carbocycles. The summed E-state index contributed by atoms with van der Waals surface area (Å²) in [5, 5.41) is 0. The van der Waals surface area contributed by atoms with Gasteiger partial charge >= 0.3 is 0 Å². The van der Waals surface area contributed by atoms with Gasteiger partial charge in [0, 0.05) is 78.2 Å². The van der Waals surface area contributed by atoms with Crippen molar-refractivity contribution in [3.63, 3.8) is 0 Å². The van der Waals surface area contributed by atoms with Crippen LogP contribution < -0.4 is 9.80 Å². The molecule has 0 spiro atoms. The summed E-state index contributed by atoms with van der Waals surface area (Å²) in [6.45, 7) is 5.00. The van der Waals surface area contributed by atoms with E-state index in [1.165, 1.54) is 28.1 Å². The van der Waals surface area contributed by atoms with Crippen molar-refractivity contribution < 1.29 is 32.7 Å². The molecule has 0 N–H and O–H groups in total. The Bertz CT molecular complexity index is 743. The van der Waals surface area contributed by atoms with Crippen molar-refractivity contribution in [3.8, 4) is 0 Å². The molecule has 0 atom stereocenters. The fourth-order valence-corrected chi connectivity index (χ4v) is 3.15. The Kier molecular flexibility index (Phi) is 12.8. The molecular formula is C26H34N2Y-2. The summed E-state index contributed by atoms with van der Waals surface area (Å²) >= 11 is 0. The minimum atomic E-state index is 0.